The van der Waals surface area contributed by atoms with Crippen LogP contribution in [0.1, 0.15) is 43.0 Å². The lowest BCUT2D eigenvalue weighted by molar-refractivity contribution is -0.125. The highest BCUT2D eigenvalue weighted by atomic mass is 16.5. The van der Waals surface area contributed by atoms with Crippen LogP contribution in [0, 0.1) is 5.92 Å². The Morgan fingerprint density at radius 3 is 2.68 bits per heavy atom. The van der Waals surface area contributed by atoms with Gasteiger partial charge < -0.3 is 14.8 Å². The van der Waals surface area contributed by atoms with Crippen molar-refractivity contribution in [2.24, 2.45) is 5.92 Å². The molecule has 120 valence electrons. The molecule has 2 unspecified atom stereocenters. The highest BCUT2D eigenvalue weighted by molar-refractivity contribution is 5.94. The van der Waals surface area contributed by atoms with Gasteiger partial charge in [-0.3, -0.25) is 4.79 Å². The molecule has 1 amide bonds. The third-order valence-electron chi connectivity index (χ3n) is 4.12. The summed E-state index contributed by atoms with van der Waals surface area (Å²) in [6.45, 7) is 1.88. The summed E-state index contributed by atoms with van der Waals surface area (Å²) in [6, 6.07) is 6.98. The highest BCUT2D eigenvalue weighted by Crippen LogP contribution is 2.23. The molecule has 1 aliphatic carbocycles. The van der Waals surface area contributed by atoms with Crippen molar-refractivity contribution in [3.05, 3.63) is 29.8 Å². The number of carbonyl (C=O) groups excluding carboxylic acids is 2. The van der Waals surface area contributed by atoms with Crippen molar-refractivity contribution in [2.75, 3.05) is 13.7 Å². The molecule has 0 bridgehead atoms. The Bertz CT molecular complexity index is 529. The summed E-state index contributed by atoms with van der Waals surface area (Å²) in [5.74, 6) is 0.114. The number of nitrogens with one attached hydrogen (secondary N) is 1. The quantitative estimate of drug-likeness (QED) is 0.849. The molecule has 1 aromatic carbocycles. The number of amides is 1. The molecule has 0 aliphatic heterocycles. The van der Waals surface area contributed by atoms with Crippen molar-refractivity contribution in [3.63, 3.8) is 0 Å². The van der Waals surface area contributed by atoms with Crippen LogP contribution >= 0.6 is 0 Å². The van der Waals surface area contributed by atoms with Crippen LogP contribution < -0.4 is 10.1 Å². The SMILES string of the molecule is COc1ccccc1C(=O)OCC(=O)NC1CCCCC1C. The van der Waals surface area contributed by atoms with Gasteiger partial charge in [-0.05, 0) is 30.9 Å². The average Bonchev–Trinajstić information content (AvgIpc) is 2.54. The number of ether oxygens (including phenoxy) is 2. The molecule has 0 heterocycles. The first-order chi connectivity index (χ1) is 10.6. The number of methoxy groups -OCH3 is 1. The fraction of sp³-hybridized carbons (Fsp3) is 0.529. The van der Waals surface area contributed by atoms with Crippen LogP contribution in [-0.4, -0.2) is 31.6 Å². The smallest absolute Gasteiger partial charge is 0.342 e. The van der Waals surface area contributed by atoms with Gasteiger partial charge in [0.15, 0.2) is 6.61 Å². The first-order valence-electron chi connectivity index (χ1n) is 7.71. The van der Waals surface area contributed by atoms with Crippen molar-refractivity contribution in [1.82, 2.24) is 5.32 Å². The molecular formula is C17H23NO4. The molecule has 5 heteroatoms. The Balaban J connectivity index is 1.84. The van der Waals surface area contributed by atoms with Crippen LogP contribution in [0.25, 0.3) is 0 Å². The molecule has 1 saturated carbocycles. The zero-order valence-electron chi connectivity index (χ0n) is 13.1. The van der Waals surface area contributed by atoms with E-state index in [-0.39, 0.29) is 18.6 Å². The maximum atomic E-state index is 12.0. The Kier molecular flexibility index (Phi) is 5.81. The van der Waals surface area contributed by atoms with Crippen LogP contribution in [0.15, 0.2) is 24.3 Å². The molecular weight excluding hydrogens is 282 g/mol. The predicted molar refractivity (Wildman–Crippen MR) is 82.8 cm³/mol. The van der Waals surface area contributed by atoms with Crippen LogP contribution in [0.3, 0.4) is 0 Å². The third-order valence-corrected chi connectivity index (χ3v) is 4.12. The van der Waals surface area contributed by atoms with Gasteiger partial charge in [0.25, 0.3) is 5.91 Å². The number of benzene rings is 1. The van der Waals surface area contributed by atoms with E-state index in [1.54, 1.807) is 24.3 Å². The number of para-hydroxylation sites is 1. The van der Waals surface area contributed by atoms with Crippen molar-refractivity contribution < 1.29 is 19.1 Å². The van der Waals surface area contributed by atoms with E-state index in [0.717, 1.165) is 19.3 Å². The van der Waals surface area contributed by atoms with E-state index in [2.05, 4.69) is 12.2 Å². The van der Waals surface area contributed by atoms with Crippen LogP contribution in [0.4, 0.5) is 0 Å². The van der Waals surface area contributed by atoms with Crippen molar-refractivity contribution in [1.29, 1.82) is 0 Å². The summed E-state index contributed by atoms with van der Waals surface area (Å²) >= 11 is 0. The van der Waals surface area contributed by atoms with Crippen molar-refractivity contribution in [2.45, 2.75) is 38.6 Å². The van der Waals surface area contributed by atoms with Gasteiger partial charge in [0.2, 0.25) is 0 Å². The zero-order chi connectivity index (χ0) is 15.9. The number of carbonyl (C=O) groups is 2. The summed E-state index contributed by atoms with van der Waals surface area (Å²) in [5.41, 5.74) is 0.323. The first-order valence-corrected chi connectivity index (χ1v) is 7.71. The summed E-state index contributed by atoms with van der Waals surface area (Å²) in [6.07, 6.45) is 4.48. The van der Waals surface area contributed by atoms with E-state index in [1.807, 2.05) is 0 Å². The van der Waals surface area contributed by atoms with Gasteiger partial charge in [-0.1, -0.05) is 31.9 Å². The topological polar surface area (TPSA) is 64.6 Å². The minimum absolute atomic E-state index is 0.186. The van der Waals surface area contributed by atoms with Crippen molar-refractivity contribution in [3.8, 4) is 5.75 Å². The number of esters is 1. The largest absolute Gasteiger partial charge is 0.496 e. The Morgan fingerprint density at radius 1 is 1.23 bits per heavy atom. The second kappa shape index (κ2) is 7.82. The van der Waals surface area contributed by atoms with Gasteiger partial charge >= 0.3 is 5.97 Å². The van der Waals surface area contributed by atoms with Gasteiger partial charge in [0, 0.05) is 6.04 Å². The second-order valence-electron chi connectivity index (χ2n) is 5.71. The molecule has 0 radical (unpaired) electrons. The summed E-state index contributed by atoms with van der Waals surface area (Å²) in [4.78, 5) is 23.9. The zero-order valence-corrected chi connectivity index (χ0v) is 13.1. The van der Waals surface area contributed by atoms with Gasteiger partial charge in [-0.2, -0.15) is 0 Å². The molecule has 2 atom stereocenters. The molecule has 5 nitrogen and oxygen atoms in total. The van der Waals surface area contributed by atoms with E-state index < -0.39 is 5.97 Å². The summed E-state index contributed by atoms with van der Waals surface area (Å²) in [5, 5.41) is 2.96. The van der Waals surface area contributed by atoms with E-state index >= 15 is 0 Å². The van der Waals surface area contributed by atoms with Gasteiger partial charge in [-0.15, -0.1) is 0 Å². The maximum Gasteiger partial charge on any atom is 0.342 e. The van der Waals surface area contributed by atoms with Gasteiger partial charge in [0.1, 0.15) is 11.3 Å². The van der Waals surface area contributed by atoms with E-state index in [4.69, 9.17) is 9.47 Å². The fourth-order valence-corrected chi connectivity index (χ4v) is 2.80. The van der Waals surface area contributed by atoms with Crippen LogP contribution in [-0.2, 0) is 9.53 Å². The summed E-state index contributed by atoms with van der Waals surface area (Å²) in [7, 11) is 1.49. The Morgan fingerprint density at radius 2 is 1.95 bits per heavy atom. The van der Waals surface area contributed by atoms with Gasteiger partial charge in [0.05, 0.1) is 7.11 Å². The Hall–Kier alpha value is -2.04. The minimum atomic E-state index is -0.552. The molecule has 1 N–H and O–H groups in total. The lowest BCUT2D eigenvalue weighted by Gasteiger charge is -2.29. The van der Waals surface area contributed by atoms with E-state index in [1.165, 1.54) is 13.5 Å². The molecule has 1 aliphatic rings. The van der Waals surface area contributed by atoms with Crippen LogP contribution in [0.2, 0.25) is 0 Å². The number of hydrogen-bond acceptors (Lipinski definition) is 4. The molecule has 2 rings (SSSR count). The lowest BCUT2D eigenvalue weighted by atomic mass is 9.86. The number of hydrogen-bond donors (Lipinski definition) is 1. The molecule has 22 heavy (non-hydrogen) atoms. The van der Waals surface area contributed by atoms with Crippen molar-refractivity contribution >= 4 is 11.9 Å². The number of rotatable bonds is 5. The first kappa shape index (κ1) is 16.3. The van der Waals surface area contributed by atoms with E-state index in [0.29, 0.717) is 17.2 Å². The molecule has 1 fully saturated rings. The standard InChI is InChI=1S/C17H23NO4/c1-12-7-3-5-9-14(12)18-16(19)11-22-17(20)13-8-4-6-10-15(13)21-2/h4,6,8,10,12,14H,3,5,7,9,11H2,1-2H3,(H,18,19). The highest BCUT2D eigenvalue weighted by Gasteiger charge is 2.23. The minimum Gasteiger partial charge on any atom is -0.496 e. The maximum absolute atomic E-state index is 12.0. The Labute approximate surface area is 131 Å². The molecule has 0 spiro atoms. The third kappa shape index (κ3) is 4.23. The molecule has 0 aromatic heterocycles. The van der Waals surface area contributed by atoms with E-state index in [9.17, 15) is 9.59 Å². The normalized spacial score (nSPS) is 21.0. The average molecular weight is 305 g/mol. The summed E-state index contributed by atoms with van der Waals surface area (Å²) < 4.78 is 10.2. The molecule has 0 saturated heterocycles. The van der Waals surface area contributed by atoms with Gasteiger partial charge in [-0.25, -0.2) is 4.79 Å². The fourth-order valence-electron chi connectivity index (χ4n) is 2.80. The second-order valence-corrected chi connectivity index (χ2v) is 5.71. The lowest BCUT2D eigenvalue weighted by Crippen LogP contribution is -2.42. The van der Waals surface area contributed by atoms with Crippen LogP contribution in [0.5, 0.6) is 5.75 Å². The predicted octanol–water partition coefficient (Wildman–Crippen LogP) is 2.55. The molecule has 1 aromatic rings. The monoisotopic (exact) mass is 305 g/mol.